The smallest absolute Gasteiger partial charge is 0.257 e. The van der Waals surface area contributed by atoms with Crippen molar-refractivity contribution in [1.29, 1.82) is 0 Å². The quantitative estimate of drug-likeness (QED) is 0.549. The topological polar surface area (TPSA) is 86.8 Å². The fourth-order valence-electron chi connectivity index (χ4n) is 2.68. The standard InChI is InChI=1S/C22H26Cl2N2O5/c1-22(2,3)12-26-19(28)11-31-20-13(6-7-18(29-4)21(20)30-5)17(27)8-14-15(23)9-25-10-16(14)24/h6-7,9-10H,8,11-12H2,1-5H3,(H,26,28). The van der Waals surface area contributed by atoms with Gasteiger partial charge in [-0.15, -0.1) is 0 Å². The number of rotatable bonds is 9. The maximum atomic E-state index is 13.1. The van der Waals surface area contributed by atoms with Crippen LogP contribution in [0.5, 0.6) is 17.2 Å². The van der Waals surface area contributed by atoms with E-state index in [1.165, 1.54) is 26.6 Å². The Morgan fingerprint density at radius 3 is 2.23 bits per heavy atom. The van der Waals surface area contributed by atoms with Crippen LogP contribution in [-0.4, -0.2) is 44.0 Å². The number of halogens is 2. The third-order valence-corrected chi connectivity index (χ3v) is 4.91. The van der Waals surface area contributed by atoms with Crippen molar-refractivity contribution in [2.24, 2.45) is 5.41 Å². The van der Waals surface area contributed by atoms with Gasteiger partial charge in [-0.1, -0.05) is 44.0 Å². The third-order valence-electron chi connectivity index (χ3n) is 4.25. The number of carbonyl (C=O) groups is 2. The number of hydrogen-bond acceptors (Lipinski definition) is 6. The molecule has 0 unspecified atom stereocenters. The van der Waals surface area contributed by atoms with Crippen LogP contribution >= 0.6 is 23.2 Å². The zero-order chi connectivity index (χ0) is 23.2. The van der Waals surface area contributed by atoms with Crippen molar-refractivity contribution in [3.63, 3.8) is 0 Å². The largest absolute Gasteiger partial charge is 0.493 e. The summed E-state index contributed by atoms with van der Waals surface area (Å²) in [6, 6.07) is 3.14. The van der Waals surface area contributed by atoms with Crippen LogP contribution in [0.1, 0.15) is 36.7 Å². The van der Waals surface area contributed by atoms with E-state index in [9.17, 15) is 9.59 Å². The Balaban J connectivity index is 2.32. The molecule has 0 saturated heterocycles. The summed E-state index contributed by atoms with van der Waals surface area (Å²) in [4.78, 5) is 29.2. The molecule has 1 amide bonds. The normalized spacial score (nSPS) is 11.1. The molecule has 1 N–H and O–H groups in total. The van der Waals surface area contributed by atoms with Gasteiger partial charge < -0.3 is 19.5 Å². The molecule has 9 heteroatoms. The molecule has 7 nitrogen and oxygen atoms in total. The lowest BCUT2D eigenvalue weighted by atomic mass is 9.97. The molecule has 0 aliphatic rings. The van der Waals surface area contributed by atoms with Gasteiger partial charge in [0.25, 0.3) is 5.91 Å². The second-order valence-electron chi connectivity index (χ2n) is 7.99. The fraction of sp³-hybridized carbons (Fsp3) is 0.409. The van der Waals surface area contributed by atoms with Gasteiger partial charge in [0.15, 0.2) is 23.9 Å². The van der Waals surface area contributed by atoms with Gasteiger partial charge in [-0.3, -0.25) is 14.6 Å². The van der Waals surface area contributed by atoms with Crippen LogP contribution in [-0.2, 0) is 11.2 Å². The van der Waals surface area contributed by atoms with Crippen LogP contribution in [0.3, 0.4) is 0 Å². The molecule has 2 aromatic rings. The van der Waals surface area contributed by atoms with E-state index >= 15 is 0 Å². The van der Waals surface area contributed by atoms with Gasteiger partial charge in [-0.2, -0.15) is 0 Å². The Morgan fingerprint density at radius 1 is 1.03 bits per heavy atom. The number of carbonyl (C=O) groups excluding carboxylic acids is 2. The molecule has 168 valence electrons. The molecule has 0 spiro atoms. The average Bonchev–Trinajstić information content (AvgIpc) is 2.71. The predicted molar refractivity (Wildman–Crippen MR) is 120 cm³/mol. The van der Waals surface area contributed by atoms with E-state index in [0.29, 0.717) is 17.9 Å². The SMILES string of the molecule is COc1ccc(C(=O)Cc2c(Cl)cncc2Cl)c(OCC(=O)NCC(C)(C)C)c1OC. The zero-order valence-electron chi connectivity index (χ0n) is 18.2. The van der Waals surface area contributed by atoms with E-state index in [-0.39, 0.29) is 57.2 Å². The molecule has 2 rings (SSSR count). The van der Waals surface area contributed by atoms with Crippen molar-refractivity contribution in [3.8, 4) is 17.2 Å². The minimum absolute atomic E-state index is 0.0759. The van der Waals surface area contributed by atoms with Gasteiger partial charge in [-0.25, -0.2) is 0 Å². The lowest BCUT2D eigenvalue weighted by Gasteiger charge is -2.20. The van der Waals surface area contributed by atoms with E-state index in [1.807, 2.05) is 20.8 Å². The summed E-state index contributed by atoms with van der Waals surface area (Å²) in [7, 11) is 2.89. The van der Waals surface area contributed by atoms with Crippen molar-refractivity contribution < 1.29 is 23.8 Å². The summed E-state index contributed by atoms with van der Waals surface area (Å²) in [6.07, 6.45) is 2.76. The lowest BCUT2D eigenvalue weighted by Crippen LogP contribution is -2.35. The highest BCUT2D eigenvalue weighted by atomic mass is 35.5. The second-order valence-corrected chi connectivity index (χ2v) is 8.80. The van der Waals surface area contributed by atoms with Crippen LogP contribution in [0.25, 0.3) is 0 Å². The van der Waals surface area contributed by atoms with Crippen molar-refractivity contribution in [2.75, 3.05) is 27.4 Å². The Kier molecular flexibility index (Phi) is 8.53. The molecular weight excluding hydrogens is 443 g/mol. The van der Waals surface area contributed by atoms with Gasteiger partial charge in [0.2, 0.25) is 5.75 Å². The number of amides is 1. The number of ketones is 1. The maximum Gasteiger partial charge on any atom is 0.257 e. The molecule has 0 bridgehead atoms. The number of benzene rings is 1. The van der Waals surface area contributed by atoms with Gasteiger partial charge in [0.05, 0.1) is 29.8 Å². The van der Waals surface area contributed by atoms with E-state index < -0.39 is 0 Å². The first kappa shape index (κ1) is 24.8. The van der Waals surface area contributed by atoms with Gasteiger partial charge in [-0.05, 0) is 17.5 Å². The van der Waals surface area contributed by atoms with Crippen LogP contribution in [0.2, 0.25) is 10.0 Å². The summed E-state index contributed by atoms with van der Waals surface area (Å²) in [5.41, 5.74) is 0.588. The predicted octanol–water partition coefficient (Wildman–Crippen LogP) is 4.37. The molecule has 0 aliphatic heterocycles. The van der Waals surface area contributed by atoms with Crippen LogP contribution in [0, 0.1) is 5.41 Å². The Bertz CT molecular complexity index is 937. The molecule has 0 aliphatic carbocycles. The number of hydrogen-bond donors (Lipinski definition) is 1. The number of Topliss-reactive ketones (excluding diaryl/α,β-unsaturated/α-hetero) is 1. The first-order valence-electron chi connectivity index (χ1n) is 9.53. The van der Waals surface area contributed by atoms with E-state index in [0.717, 1.165) is 0 Å². The van der Waals surface area contributed by atoms with Crippen molar-refractivity contribution in [3.05, 3.63) is 45.7 Å². The van der Waals surface area contributed by atoms with Crippen LogP contribution in [0.4, 0.5) is 0 Å². The lowest BCUT2D eigenvalue weighted by molar-refractivity contribution is -0.123. The number of methoxy groups -OCH3 is 2. The summed E-state index contributed by atoms with van der Waals surface area (Å²) < 4.78 is 16.4. The molecule has 0 saturated carbocycles. The summed E-state index contributed by atoms with van der Waals surface area (Å²) in [5, 5.41) is 3.37. The number of nitrogens with zero attached hydrogens (tertiary/aromatic N) is 1. The minimum Gasteiger partial charge on any atom is -0.493 e. The molecule has 1 aromatic heterocycles. The zero-order valence-corrected chi connectivity index (χ0v) is 19.7. The summed E-state index contributed by atoms with van der Waals surface area (Å²) in [5.74, 6) is 0.0477. The van der Waals surface area contributed by atoms with Crippen molar-refractivity contribution in [1.82, 2.24) is 10.3 Å². The first-order chi connectivity index (χ1) is 14.6. The number of pyridine rings is 1. The van der Waals surface area contributed by atoms with Crippen molar-refractivity contribution in [2.45, 2.75) is 27.2 Å². The molecular formula is C22H26Cl2N2O5. The van der Waals surface area contributed by atoms with Gasteiger partial charge in [0, 0.05) is 30.9 Å². The maximum absolute atomic E-state index is 13.1. The minimum atomic E-state index is -0.321. The highest BCUT2D eigenvalue weighted by molar-refractivity contribution is 6.36. The molecule has 1 heterocycles. The fourth-order valence-corrected chi connectivity index (χ4v) is 3.18. The Labute approximate surface area is 192 Å². The van der Waals surface area contributed by atoms with Gasteiger partial charge >= 0.3 is 0 Å². The second kappa shape index (κ2) is 10.7. The Hall–Kier alpha value is -2.51. The highest BCUT2D eigenvalue weighted by Gasteiger charge is 2.24. The van der Waals surface area contributed by atoms with Gasteiger partial charge in [0.1, 0.15) is 0 Å². The number of aromatic nitrogens is 1. The first-order valence-corrected chi connectivity index (χ1v) is 10.3. The number of ether oxygens (including phenoxy) is 3. The summed E-state index contributed by atoms with van der Waals surface area (Å²) >= 11 is 12.3. The highest BCUT2D eigenvalue weighted by Crippen LogP contribution is 2.40. The molecule has 31 heavy (non-hydrogen) atoms. The molecule has 0 atom stereocenters. The average molecular weight is 469 g/mol. The Morgan fingerprint density at radius 2 is 1.68 bits per heavy atom. The monoisotopic (exact) mass is 468 g/mol. The van der Waals surface area contributed by atoms with Crippen molar-refractivity contribution >= 4 is 34.9 Å². The third kappa shape index (κ3) is 6.74. The molecule has 0 radical (unpaired) electrons. The number of nitrogens with one attached hydrogen (secondary N) is 1. The van der Waals surface area contributed by atoms with Crippen LogP contribution in [0.15, 0.2) is 24.5 Å². The van der Waals surface area contributed by atoms with E-state index in [4.69, 9.17) is 37.4 Å². The summed E-state index contributed by atoms with van der Waals surface area (Å²) in [6.45, 7) is 6.20. The van der Waals surface area contributed by atoms with Crippen LogP contribution < -0.4 is 19.5 Å². The van der Waals surface area contributed by atoms with E-state index in [1.54, 1.807) is 12.1 Å². The van der Waals surface area contributed by atoms with E-state index in [2.05, 4.69) is 10.3 Å². The molecule has 0 fully saturated rings. The molecule has 1 aromatic carbocycles.